The van der Waals surface area contributed by atoms with E-state index in [1.54, 1.807) is 12.1 Å². The van der Waals surface area contributed by atoms with Crippen molar-refractivity contribution in [2.75, 3.05) is 7.11 Å². The standard InChI is InChI=1S/C14H17NO3/c1-4-10-8-11(14(17)18-3)6-7-12(10)9-15-13(16)5-2/h5-8H,2,4,9H2,1,3H3,(H,15,16). The highest BCUT2D eigenvalue weighted by Crippen LogP contribution is 2.14. The van der Waals surface area contributed by atoms with Crippen molar-refractivity contribution in [3.05, 3.63) is 47.5 Å². The molecule has 0 aliphatic carbocycles. The van der Waals surface area contributed by atoms with Crippen LogP contribution in [0.2, 0.25) is 0 Å². The van der Waals surface area contributed by atoms with E-state index in [2.05, 4.69) is 16.6 Å². The number of hydrogen-bond acceptors (Lipinski definition) is 3. The fourth-order valence-corrected chi connectivity index (χ4v) is 1.63. The van der Waals surface area contributed by atoms with E-state index in [0.717, 1.165) is 17.5 Å². The zero-order valence-corrected chi connectivity index (χ0v) is 10.7. The summed E-state index contributed by atoms with van der Waals surface area (Å²) >= 11 is 0. The number of amides is 1. The fourth-order valence-electron chi connectivity index (χ4n) is 1.63. The molecule has 1 aromatic carbocycles. The number of methoxy groups -OCH3 is 1. The predicted molar refractivity (Wildman–Crippen MR) is 69.2 cm³/mol. The summed E-state index contributed by atoms with van der Waals surface area (Å²) < 4.78 is 4.67. The third kappa shape index (κ3) is 3.45. The van der Waals surface area contributed by atoms with E-state index in [9.17, 15) is 9.59 Å². The van der Waals surface area contributed by atoms with Gasteiger partial charge in [0.1, 0.15) is 0 Å². The minimum absolute atomic E-state index is 0.214. The molecule has 0 aliphatic heterocycles. The number of aryl methyl sites for hydroxylation is 1. The van der Waals surface area contributed by atoms with Gasteiger partial charge in [-0.1, -0.05) is 19.6 Å². The lowest BCUT2D eigenvalue weighted by Gasteiger charge is -2.10. The van der Waals surface area contributed by atoms with Crippen LogP contribution in [0, 0.1) is 0 Å². The summed E-state index contributed by atoms with van der Waals surface area (Å²) in [6.07, 6.45) is 2.01. The molecule has 4 heteroatoms. The Bertz CT molecular complexity index is 466. The molecule has 0 fully saturated rings. The summed E-state index contributed by atoms with van der Waals surface area (Å²) in [7, 11) is 1.35. The number of esters is 1. The first-order chi connectivity index (χ1) is 8.62. The molecule has 1 aromatic rings. The summed E-state index contributed by atoms with van der Waals surface area (Å²) in [5, 5.41) is 2.71. The smallest absolute Gasteiger partial charge is 0.337 e. The Morgan fingerprint density at radius 2 is 2.11 bits per heavy atom. The molecule has 0 saturated carbocycles. The Balaban J connectivity index is 2.89. The fraction of sp³-hybridized carbons (Fsp3) is 0.286. The van der Waals surface area contributed by atoms with Crippen LogP contribution in [0.4, 0.5) is 0 Å². The van der Waals surface area contributed by atoms with Crippen LogP contribution in [-0.2, 0) is 22.5 Å². The topological polar surface area (TPSA) is 55.4 Å². The Morgan fingerprint density at radius 1 is 1.39 bits per heavy atom. The van der Waals surface area contributed by atoms with Crippen molar-refractivity contribution in [3.8, 4) is 0 Å². The molecule has 1 rings (SSSR count). The van der Waals surface area contributed by atoms with Crippen LogP contribution in [0.25, 0.3) is 0 Å². The molecule has 0 saturated heterocycles. The van der Waals surface area contributed by atoms with Gasteiger partial charge in [-0.25, -0.2) is 4.79 Å². The lowest BCUT2D eigenvalue weighted by Crippen LogP contribution is -2.20. The zero-order valence-electron chi connectivity index (χ0n) is 10.7. The van der Waals surface area contributed by atoms with Gasteiger partial charge in [0.2, 0.25) is 5.91 Å². The largest absolute Gasteiger partial charge is 0.465 e. The van der Waals surface area contributed by atoms with Gasteiger partial charge < -0.3 is 10.1 Å². The van der Waals surface area contributed by atoms with Crippen LogP contribution in [0.15, 0.2) is 30.9 Å². The Kier molecular flexibility index (Phi) is 5.11. The third-order valence-electron chi connectivity index (χ3n) is 2.65. The maximum atomic E-state index is 11.4. The molecule has 1 amide bonds. The van der Waals surface area contributed by atoms with Gasteiger partial charge in [-0.2, -0.15) is 0 Å². The molecule has 18 heavy (non-hydrogen) atoms. The SMILES string of the molecule is C=CC(=O)NCc1ccc(C(=O)OC)cc1CC. The quantitative estimate of drug-likeness (QED) is 0.638. The van der Waals surface area contributed by atoms with E-state index in [-0.39, 0.29) is 11.9 Å². The van der Waals surface area contributed by atoms with E-state index >= 15 is 0 Å². The number of hydrogen-bond donors (Lipinski definition) is 1. The van der Waals surface area contributed by atoms with Gasteiger partial charge in [0, 0.05) is 6.54 Å². The number of carbonyl (C=O) groups excluding carboxylic acids is 2. The van der Waals surface area contributed by atoms with Crippen LogP contribution in [-0.4, -0.2) is 19.0 Å². The summed E-state index contributed by atoms with van der Waals surface area (Å²) in [4.78, 5) is 22.5. The van der Waals surface area contributed by atoms with Crippen LogP contribution in [0.5, 0.6) is 0 Å². The predicted octanol–water partition coefficient (Wildman–Crippen LogP) is 1.84. The molecule has 0 spiro atoms. The third-order valence-corrected chi connectivity index (χ3v) is 2.65. The van der Waals surface area contributed by atoms with E-state index in [1.165, 1.54) is 13.2 Å². The first-order valence-electron chi connectivity index (χ1n) is 5.72. The van der Waals surface area contributed by atoms with Crippen LogP contribution >= 0.6 is 0 Å². The Morgan fingerprint density at radius 3 is 2.67 bits per heavy atom. The van der Waals surface area contributed by atoms with Gasteiger partial charge in [-0.05, 0) is 35.8 Å². The highest BCUT2D eigenvalue weighted by molar-refractivity contribution is 5.89. The summed E-state index contributed by atoms with van der Waals surface area (Å²) in [6, 6.07) is 5.32. The van der Waals surface area contributed by atoms with Crippen molar-refractivity contribution >= 4 is 11.9 Å². The number of rotatable bonds is 5. The molecule has 0 aromatic heterocycles. The highest BCUT2D eigenvalue weighted by Gasteiger charge is 2.09. The van der Waals surface area contributed by atoms with Crippen molar-refractivity contribution in [3.63, 3.8) is 0 Å². The van der Waals surface area contributed by atoms with Gasteiger partial charge in [0.15, 0.2) is 0 Å². The molecule has 0 bridgehead atoms. The zero-order chi connectivity index (χ0) is 13.5. The average Bonchev–Trinajstić information content (AvgIpc) is 2.43. The van der Waals surface area contributed by atoms with E-state index in [1.807, 2.05) is 13.0 Å². The first kappa shape index (κ1) is 14.0. The highest BCUT2D eigenvalue weighted by atomic mass is 16.5. The van der Waals surface area contributed by atoms with E-state index in [0.29, 0.717) is 12.1 Å². The normalized spacial score (nSPS) is 9.67. The summed E-state index contributed by atoms with van der Waals surface area (Å²) in [6.45, 7) is 5.81. The van der Waals surface area contributed by atoms with Crippen molar-refractivity contribution in [2.24, 2.45) is 0 Å². The van der Waals surface area contributed by atoms with Gasteiger partial charge in [-0.3, -0.25) is 4.79 Å². The van der Waals surface area contributed by atoms with Crippen molar-refractivity contribution in [1.29, 1.82) is 0 Å². The van der Waals surface area contributed by atoms with Crippen molar-refractivity contribution in [2.45, 2.75) is 19.9 Å². The molecule has 0 unspecified atom stereocenters. The molecule has 0 heterocycles. The second-order valence-corrected chi connectivity index (χ2v) is 3.75. The van der Waals surface area contributed by atoms with Gasteiger partial charge >= 0.3 is 5.97 Å². The lowest BCUT2D eigenvalue weighted by molar-refractivity contribution is -0.116. The summed E-state index contributed by atoms with van der Waals surface area (Å²) in [5.74, 6) is -0.569. The maximum absolute atomic E-state index is 11.4. The Labute approximate surface area is 107 Å². The monoisotopic (exact) mass is 247 g/mol. The minimum atomic E-state index is -0.355. The molecular weight excluding hydrogens is 230 g/mol. The lowest BCUT2D eigenvalue weighted by atomic mass is 10.0. The molecule has 0 radical (unpaired) electrons. The number of benzene rings is 1. The minimum Gasteiger partial charge on any atom is -0.465 e. The van der Waals surface area contributed by atoms with Gasteiger partial charge in [-0.15, -0.1) is 0 Å². The first-order valence-corrected chi connectivity index (χ1v) is 5.72. The summed E-state index contributed by atoms with van der Waals surface area (Å²) in [5.41, 5.74) is 2.52. The van der Waals surface area contributed by atoms with Crippen LogP contribution in [0.3, 0.4) is 0 Å². The van der Waals surface area contributed by atoms with E-state index < -0.39 is 0 Å². The van der Waals surface area contributed by atoms with Crippen LogP contribution in [0.1, 0.15) is 28.4 Å². The number of ether oxygens (including phenoxy) is 1. The number of nitrogens with one attached hydrogen (secondary N) is 1. The number of carbonyl (C=O) groups is 2. The van der Waals surface area contributed by atoms with Gasteiger partial charge in [0.25, 0.3) is 0 Å². The molecule has 96 valence electrons. The van der Waals surface area contributed by atoms with Crippen LogP contribution < -0.4 is 5.32 Å². The molecular formula is C14H17NO3. The van der Waals surface area contributed by atoms with Crippen molar-refractivity contribution < 1.29 is 14.3 Å². The average molecular weight is 247 g/mol. The second-order valence-electron chi connectivity index (χ2n) is 3.75. The molecule has 0 atom stereocenters. The Hall–Kier alpha value is -2.10. The molecule has 0 aliphatic rings. The molecule has 1 N–H and O–H groups in total. The van der Waals surface area contributed by atoms with E-state index in [4.69, 9.17) is 0 Å². The van der Waals surface area contributed by atoms with Crippen molar-refractivity contribution in [1.82, 2.24) is 5.32 Å². The maximum Gasteiger partial charge on any atom is 0.337 e. The molecule has 4 nitrogen and oxygen atoms in total. The second kappa shape index (κ2) is 6.59. The van der Waals surface area contributed by atoms with Gasteiger partial charge in [0.05, 0.1) is 12.7 Å².